The van der Waals surface area contributed by atoms with Gasteiger partial charge in [-0.1, -0.05) is 41.7 Å². The molecule has 0 fully saturated rings. The lowest BCUT2D eigenvalue weighted by molar-refractivity contribution is -0.137. The van der Waals surface area contributed by atoms with Gasteiger partial charge in [-0.05, 0) is 5.56 Å². The maximum Gasteiger partial charge on any atom is 0.323 e. The molecule has 0 aliphatic carbocycles. The number of carboxylic acids is 1. The fourth-order valence-electron chi connectivity index (χ4n) is 1.45. The standard InChI is InChI=1S/C11H9NO3S/c13-10(14)6-12-9(7-16-11(12)15)8-4-2-1-3-5-8/h1-5,7H,6H2,(H,13,14). The van der Waals surface area contributed by atoms with E-state index in [9.17, 15) is 9.59 Å². The summed E-state index contributed by atoms with van der Waals surface area (Å²) in [6.45, 7) is -0.299. The summed E-state index contributed by atoms with van der Waals surface area (Å²) >= 11 is 1.01. The molecular formula is C11H9NO3S. The number of nitrogens with zero attached hydrogens (tertiary/aromatic N) is 1. The number of aliphatic carboxylic acids is 1. The molecule has 1 aromatic heterocycles. The van der Waals surface area contributed by atoms with Gasteiger partial charge in [-0.3, -0.25) is 14.2 Å². The van der Waals surface area contributed by atoms with E-state index in [1.54, 1.807) is 5.38 Å². The summed E-state index contributed by atoms with van der Waals surface area (Å²) in [5.74, 6) is -1.02. The summed E-state index contributed by atoms with van der Waals surface area (Å²) in [6, 6.07) is 9.26. The van der Waals surface area contributed by atoms with Gasteiger partial charge < -0.3 is 5.11 Å². The molecule has 1 N–H and O–H groups in total. The van der Waals surface area contributed by atoms with E-state index in [1.807, 2.05) is 30.3 Å². The van der Waals surface area contributed by atoms with Gasteiger partial charge in [0.2, 0.25) is 0 Å². The molecule has 4 nitrogen and oxygen atoms in total. The molecule has 16 heavy (non-hydrogen) atoms. The Balaban J connectivity index is 2.50. The third-order valence-corrected chi connectivity index (χ3v) is 2.91. The molecule has 82 valence electrons. The number of aromatic nitrogens is 1. The highest BCUT2D eigenvalue weighted by molar-refractivity contribution is 7.07. The Hall–Kier alpha value is -1.88. The lowest BCUT2D eigenvalue weighted by atomic mass is 10.2. The Morgan fingerprint density at radius 3 is 2.62 bits per heavy atom. The Bertz CT molecular complexity index is 556. The molecule has 0 bridgehead atoms. The van der Waals surface area contributed by atoms with E-state index in [1.165, 1.54) is 4.57 Å². The van der Waals surface area contributed by atoms with Gasteiger partial charge in [-0.15, -0.1) is 0 Å². The Morgan fingerprint density at radius 1 is 1.31 bits per heavy atom. The van der Waals surface area contributed by atoms with E-state index in [-0.39, 0.29) is 11.4 Å². The molecule has 0 aliphatic heterocycles. The number of rotatable bonds is 3. The number of hydrogen-bond acceptors (Lipinski definition) is 3. The van der Waals surface area contributed by atoms with Crippen molar-refractivity contribution in [3.63, 3.8) is 0 Å². The van der Waals surface area contributed by atoms with Crippen LogP contribution in [0.3, 0.4) is 0 Å². The summed E-state index contributed by atoms with van der Waals surface area (Å²) in [6.07, 6.45) is 0. The van der Waals surface area contributed by atoms with Crippen molar-refractivity contribution in [1.82, 2.24) is 4.57 Å². The van der Waals surface area contributed by atoms with Crippen LogP contribution in [-0.2, 0) is 11.3 Å². The second kappa shape index (κ2) is 4.32. The molecular weight excluding hydrogens is 226 g/mol. The second-order valence-corrected chi connectivity index (χ2v) is 4.05. The van der Waals surface area contributed by atoms with Crippen molar-refractivity contribution in [2.24, 2.45) is 0 Å². The maximum absolute atomic E-state index is 11.5. The molecule has 0 radical (unpaired) electrons. The lowest BCUT2D eigenvalue weighted by Gasteiger charge is -2.04. The summed E-state index contributed by atoms with van der Waals surface area (Å²) in [7, 11) is 0. The van der Waals surface area contributed by atoms with Crippen LogP contribution in [0, 0.1) is 0 Å². The zero-order valence-corrected chi connectivity index (χ0v) is 9.11. The predicted octanol–water partition coefficient (Wildman–Crippen LogP) is 1.66. The highest BCUT2D eigenvalue weighted by Gasteiger charge is 2.10. The highest BCUT2D eigenvalue weighted by atomic mass is 32.1. The van der Waals surface area contributed by atoms with Gasteiger partial charge in [0, 0.05) is 5.38 Å². The molecule has 0 aliphatic rings. The third kappa shape index (κ3) is 2.04. The van der Waals surface area contributed by atoms with E-state index >= 15 is 0 Å². The van der Waals surface area contributed by atoms with Crippen LogP contribution in [-0.4, -0.2) is 15.6 Å². The normalized spacial score (nSPS) is 10.2. The summed E-state index contributed by atoms with van der Waals surface area (Å²) in [5.41, 5.74) is 1.50. The first-order valence-corrected chi connectivity index (χ1v) is 5.52. The van der Waals surface area contributed by atoms with Crippen LogP contribution >= 0.6 is 11.3 Å². The first kappa shape index (κ1) is 10.6. The fraction of sp³-hybridized carbons (Fsp3) is 0.0909. The summed E-state index contributed by atoms with van der Waals surface area (Å²) in [5, 5.41) is 10.4. The number of carbonyl (C=O) groups is 1. The first-order valence-electron chi connectivity index (χ1n) is 4.64. The molecule has 2 rings (SSSR count). The van der Waals surface area contributed by atoms with Gasteiger partial charge in [-0.25, -0.2) is 0 Å². The minimum absolute atomic E-state index is 0.249. The first-order chi connectivity index (χ1) is 7.68. The van der Waals surface area contributed by atoms with Crippen molar-refractivity contribution in [2.45, 2.75) is 6.54 Å². The monoisotopic (exact) mass is 235 g/mol. The number of carboxylic acid groups (broad SMARTS) is 1. The van der Waals surface area contributed by atoms with Crippen LogP contribution in [0.1, 0.15) is 0 Å². The molecule has 1 heterocycles. The Morgan fingerprint density at radius 2 is 2.00 bits per heavy atom. The fourth-order valence-corrected chi connectivity index (χ4v) is 2.22. The minimum atomic E-state index is -1.02. The molecule has 0 unspecified atom stereocenters. The zero-order valence-electron chi connectivity index (χ0n) is 8.29. The minimum Gasteiger partial charge on any atom is -0.480 e. The van der Waals surface area contributed by atoms with E-state index in [4.69, 9.17) is 5.11 Å². The van der Waals surface area contributed by atoms with Crippen molar-refractivity contribution in [3.05, 3.63) is 45.4 Å². The molecule has 0 saturated heterocycles. The van der Waals surface area contributed by atoms with Crippen LogP contribution in [0.15, 0.2) is 40.5 Å². The second-order valence-electron chi connectivity index (χ2n) is 3.23. The maximum atomic E-state index is 11.5. The summed E-state index contributed by atoms with van der Waals surface area (Å²) < 4.78 is 1.27. The molecule has 0 atom stereocenters. The van der Waals surface area contributed by atoms with Crippen LogP contribution in [0.4, 0.5) is 0 Å². The van der Waals surface area contributed by atoms with Crippen molar-refractivity contribution < 1.29 is 9.90 Å². The quantitative estimate of drug-likeness (QED) is 0.880. The van der Waals surface area contributed by atoms with Gasteiger partial charge in [0.15, 0.2) is 0 Å². The van der Waals surface area contributed by atoms with Gasteiger partial charge in [-0.2, -0.15) is 0 Å². The van der Waals surface area contributed by atoms with Crippen LogP contribution < -0.4 is 4.87 Å². The highest BCUT2D eigenvalue weighted by Crippen LogP contribution is 2.19. The smallest absolute Gasteiger partial charge is 0.323 e. The number of thiazole rings is 1. The van der Waals surface area contributed by atoms with E-state index in [0.717, 1.165) is 16.9 Å². The van der Waals surface area contributed by atoms with E-state index in [2.05, 4.69) is 0 Å². The third-order valence-electron chi connectivity index (χ3n) is 2.15. The Kier molecular flexibility index (Phi) is 2.87. The molecule has 0 spiro atoms. The SMILES string of the molecule is O=C(O)Cn1c(-c2ccccc2)csc1=O. The lowest BCUT2D eigenvalue weighted by Crippen LogP contribution is -2.19. The van der Waals surface area contributed by atoms with E-state index < -0.39 is 5.97 Å². The molecule has 5 heteroatoms. The predicted molar refractivity (Wildman–Crippen MR) is 61.7 cm³/mol. The van der Waals surface area contributed by atoms with Crippen molar-refractivity contribution in [1.29, 1.82) is 0 Å². The van der Waals surface area contributed by atoms with Gasteiger partial charge in [0.05, 0.1) is 5.69 Å². The van der Waals surface area contributed by atoms with Crippen molar-refractivity contribution in [3.8, 4) is 11.3 Å². The van der Waals surface area contributed by atoms with Crippen LogP contribution in [0.2, 0.25) is 0 Å². The van der Waals surface area contributed by atoms with Crippen molar-refractivity contribution in [2.75, 3.05) is 0 Å². The van der Waals surface area contributed by atoms with Gasteiger partial charge >= 0.3 is 10.8 Å². The molecule has 0 amide bonds. The number of hydrogen-bond donors (Lipinski definition) is 1. The largest absolute Gasteiger partial charge is 0.480 e. The Labute approximate surface area is 95.4 Å². The van der Waals surface area contributed by atoms with Crippen molar-refractivity contribution >= 4 is 17.3 Å². The van der Waals surface area contributed by atoms with Crippen LogP contribution in [0.5, 0.6) is 0 Å². The van der Waals surface area contributed by atoms with E-state index in [0.29, 0.717) is 5.69 Å². The number of benzene rings is 1. The topological polar surface area (TPSA) is 59.3 Å². The molecule has 0 saturated carbocycles. The van der Waals surface area contributed by atoms with Gasteiger partial charge in [0.25, 0.3) is 0 Å². The zero-order chi connectivity index (χ0) is 11.5. The average molecular weight is 235 g/mol. The molecule has 2 aromatic rings. The molecule has 1 aromatic carbocycles. The summed E-state index contributed by atoms with van der Waals surface area (Å²) in [4.78, 5) is 21.9. The average Bonchev–Trinajstić information content (AvgIpc) is 2.61. The van der Waals surface area contributed by atoms with Gasteiger partial charge in [0.1, 0.15) is 6.54 Å². The van der Waals surface area contributed by atoms with Crippen LogP contribution in [0.25, 0.3) is 11.3 Å².